The van der Waals surface area contributed by atoms with E-state index in [0.29, 0.717) is 12.8 Å². The molecular formula is C15H20F3N5O4. The Morgan fingerprint density at radius 3 is 2.26 bits per heavy atom. The van der Waals surface area contributed by atoms with E-state index in [9.17, 15) is 22.8 Å². The van der Waals surface area contributed by atoms with Gasteiger partial charge in [0.25, 0.3) is 5.91 Å². The number of likely N-dealkylation sites (tertiary alicyclic amines) is 1. The Bertz CT molecular complexity index is 725. The van der Waals surface area contributed by atoms with Gasteiger partial charge in [-0.3, -0.25) is 19.7 Å². The molecule has 0 saturated carbocycles. The van der Waals surface area contributed by atoms with Gasteiger partial charge in [0.2, 0.25) is 0 Å². The van der Waals surface area contributed by atoms with Crippen LogP contribution in [0.25, 0.3) is 0 Å². The zero-order valence-electron chi connectivity index (χ0n) is 14.8. The van der Waals surface area contributed by atoms with Gasteiger partial charge in [-0.25, -0.2) is 9.59 Å². The number of imide groups is 1. The molecule has 3 heterocycles. The van der Waals surface area contributed by atoms with Gasteiger partial charge in [-0.15, -0.1) is 0 Å². The smallest absolute Gasteiger partial charge is 0.475 e. The third-order valence-corrected chi connectivity index (χ3v) is 4.65. The number of likely N-dealkylation sites (N-methyl/N-ethyl adjacent to an activating group) is 1. The van der Waals surface area contributed by atoms with Gasteiger partial charge >= 0.3 is 18.2 Å². The molecule has 150 valence electrons. The van der Waals surface area contributed by atoms with Crippen molar-refractivity contribution < 1.29 is 32.7 Å². The fourth-order valence-corrected chi connectivity index (χ4v) is 2.96. The van der Waals surface area contributed by atoms with E-state index in [4.69, 9.17) is 9.90 Å². The number of carbonyl (C=O) groups excluding carboxylic acids is 2. The van der Waals surface area contributed by atoms with Gasteiger partial charge in [-0.2, -0.15) is 18.3 Å². The number of carbonyl (C=O) groups is 3. The molecule has 1 spiro atoms. The fourth-order valence-electron chi connectivity index (χ4n) is 2.96. The molecule has 2 fully saturated rings. The van der Waals surface area contributed by atoms with Crippen LogP contribution in [0.15, 0.2) is 6.20 Å². The van der Waals surface area contributed by atoms with Crippen LogP contribution < -0.4 is 5.32 Å². The molecule has 1 aromatic heterocycles. The molecule has 27 heavy (non-hydrogen) atoms. The first-order valence-corrected chi connectivity index (χ1v) is 8.08. The predicted molar refractivity (Wildman–Crippen MR) is 85.6 cm³/mol. The number of hydrogen-bond acceptors (Lipinski definition) is 5. The van der Waals surface area contributed by atoms with Crippen molar-refractivity contribution in [2.45, 2.75) is 38.0 Å². The van der Waals surface area contributed by atoms with Crippen molar-refractivity contribution in [3.8, 4) is 0 Å². The molecule has 0 atom stereocenters. The summed E-state index contributed by atoms with van der Waals surface area (Å²) in [5.74, 6) is -2.85. The van der Waals surface area contributed by atoms with Gasteiger partial charge in [-0.1, -0.05) is 0 Å². The number of urea groups is 1. The Kier molecular flexibility index (Phi) is 5.78. The topological polar surface area (TPSA) is 119 Å². The normalized spacial score (nSPS) is 19.7. The summed E-state index contributed by atoms with van der Waals surface area (Å²) in [6.45, 7) is 4.43. The van der Waals surface area contributed by atoms with Crippen LogP contribution in [0.5, 0.6) is 0 Å². The molecular weight excluding hydrogens is 371 g/mol. The van der Waals surface area contributed by atoms with Crippen molar-refractivity contribution in [2.24, 2.45) is 0 Å². The van der Waals surface area contributed by atoms with E-state index in [1.54, 1.807) is 0 Å². The van der Waals surface area contributed by atoms with Crippen LogP contribution >= 0.6 is 0 Å². The van der Waals surface area contributed by atoms with Crippen LogP contribution in [-0.4, -0.2) is 74.9 Å². The quantitative estimate of drug-likeness (QED) is 0.644. The fraction of sp³-hybridized carbons (Fsp3) is 0.600. The lowest BCUT2D eigenvalue weighted by atomic mass is 9.87. The number of aromatic amines is 1. The number of nitrogens with zero attached hydrogens (tertiary/aromatic N) is 3. The highest BCUT2D eigenvalue weighted by Gasteiger charge is 2.50. The summed E-state index contributed by atoms with van der Waals surface area (Å²) in [6.07, 6.45) is -1.91. The summed E-state index contributed by atoms with van der Waals surface area (Å²) in [6, 6.07) is -0.283. The lowest BCUT2D eigenvalue weighted by molar-refractivity contribution is -0.192. The monoisotopic (exact) mass is 391 g/mol. The third-order valence-electron chi connectivity index (χ3n) is 4.65. The van der Waals surface area contributed by atoms with Crippen molar-refractivity contribution in [3.05, 3.63) is 17.5 Å². The SMILES string of the molecule is Cc1[nH]ncc1CN1CCC2(CC1)NC(=O)N(C)C2=O.O=C(O)C(F)(F)F. The molecule has 2 aliphatic heterocycles. The van der Waals surface area contributed by atoms with Gasteiger partial charge in [0.05, 0.1) is 6.20 Å². The van der Waals surface area contributed by atoms with Crippen LogP contribution in [0.2, 0.25) is 0 Å². The number of aromatic nitrogens is 2. The Morgan fingerprint density at radius 2 is 1.89 bits per heavy atom. The second kappa shape index (κ2) is 7.55. The Morgan fingerprint density at radius 1 is 1.33 bits per heavy atom. The van der Waals surface area contributed by atoms with Crippen molar-refractivity contribution in [2.75, 3.05) is 20.1 Å². The maximum absolute atomic E-state index is 12.2. The van der Waals surface area contributed by atoms with E-state index >= 15 is 0 Å². The lowest BCUT2D eigenvalue weighted by Gasteiger charge is -2.37. The second-order valence-electron chi connectivity index (χ2n) is 6.48. The number of H-pyrrole nitrogens is 1. The van der Waals surface area contributed by atoms with Gasteiger partial charge in [0.1, 0.15) is 5.54 Å². The number of halogens is 3. The number of hydrogen-bond donors (Lipinski definition) is 3. The molecule has 3 rings (SSSR count). The largest absolute Gasteiger partial charge is 0.490 e. The Balaban J connectivity index is 0.000000321. The summed E-state index contributed by atoms with van der Waals surface area (Å²) in [5, 5.41) is 16.9. The molecule has 2 saturated heterocycles. The number of carboxylic acids is 1. The highest BCUT2D eigenvalue weighted by molar-refractivity contribution is 6.06. The number of nitrogens with one attached hydrogen (secondary N) is 2. The molecule has 0 unspecified atom stereocenters. The van der Waals surface area contributed by atoms with Gasteiger partial charge in [0.15, 0.2) is 0 Å². The minimum absolute atomic E-state index is 0.0957. The van der Waals surface area contributed by atoms with E-state index in [0.717, 1.165) is 25.3 Å². The van der Waals surface area contributed by atoms with Crippen LogP contribution in [0.4, 0.5) is 18.0 Å². The minimum Gasteiger partial charge on any atom is -0.475 e. The molecule has 12 heteroatoms. The average Bonchev–Trinajstić information content (AvgIpc) is 3.07. The molecule has 0 aliphatic carbocycles. The molecule has 0 aromatic carbocycles. The maximum Gasteiger partial charge on any atom is 0.490 e. The van der Waals surface area contributed by atoms with Gasteiger partial charge in [0, 0.05) is 37.9 Å². The van der Waals surface area contributed by atoms with Crippen LogP contribution in [0, 0.1) is 6.92 Å². The molecule has 3 amide bonds. The first-order valence-electron chi connectivity index (χ1n) is 8.08. The van der Waals surface area contributed by atoms with E-state index in [2.05, 4.69) is 20.4 Å². The zero-order valence-corrected chi connectivity index (χ0v) is 14.8. The van der Waals surface area contributed by atoms with Crippen molar-refractivity contribution in [1.82, 2.24) is 25.3 Å². The number of aliphatic carboxylic acids is 1. The van der Waals surface area contributed by atoms with Crippen LogP contribution in [-0.2, 0) is 16.1 Å². The maximum atomic E-state index is 12.2. The highest BCUT2D eigenvalue weighted by Crippen LogP contribution is 2.29. The van der Waals surface area contributed by atoms with Crippen LogP contribution in [0.3, 0.4) is 0 Å². The lowest BCUT2D eigenvalue weighted by Crippen LogP contribution is -2.54. The van der Waals surface area contributed by atoms with E-state index in [1.807, 2.05) is 13.1 Å². The third kappa shape index (κ3) is 4.56. The van der Waals surface area contributed by atoms with Gasteiger partial charge in [-0.05, 0) is 19.8 Å². The van der Waals surface area contributed by atoms with Crippen molar-refractivity contribution in [3.63, 3.8) is 0 Å². The van der Waals surface area contributed by atoms with Crippen molar-refractivity contribution >= 4 is 17.9 Å². The summed E-state index contributed by atoms with van der Waals surface area (Å²) in [5.41, 5.74) is 1.59. The minimum atomic E-state index is -5.08. The molecule has 1 aromatic rings. The number of carboxylic acid groups (broad SMARTS) is 1. The number of alkyl halides is 3. The zero-order chi connectivity index (χ0) is 20.4. The number of piperidine rings is 1. The summed E-state index contributed by atoms with van der Waals surface area (Å²) in [4.78, 5) is 36.2. The predicted octanol–water partition coefficient (Wildman–Crippen LogP) is 0.868. The molecule has 0 radical (unpaired) electrons. The Hall–Kier alpha value is -2.63. The number of amides is 3. The Labute approximate surface area is 152 Å². The van der Waals surface area contributed by atoms with Gasteiger partial charge < -0.3 is 10.4 Å². The first-order chi connectivity index (χ1) is 12.5. The molecule has 9 nitrogen and oxygen atoms in total. The highest BCUT2D eigenvalue weighted by atomic mass is 19.4. The van der Waals surface area contributed by atoms with Crippen LogP contribution in [0.1, 0.15) is 24.1 Å². The summed E-state index contributed by atoms with van der Waals surface area (Å²) < 4.78 is 31.7. The number of aryl methyl sites for hydroxylation is 1. The summed E-state index contributed by atoms with van der Waals surface area (Å²) in [7, 11) is 1.54. The van der Waals surface area contributed by atoms with E-state index in [-0.39, 0.29) is 11.9 Å². The standard InChI is InChI=1S/C13H19N5O2.C2HF3O2/c1-9-10(7-14-16-9)8-18-5-3-13(4-6-18)11(19)17(2)12(20)15-13;3-2(4,5)1(6)7/h7H,3-6,8H2,1-2H3,(H,14,16)(H,15,20);(H,6,7). The molecule has 2 aliphatic rings. The molecule has 3 N–H and O–H groups in total. The second-order valence-corrected chi connectivity index (χ2v) is 6.48. The van der Waals surface area contributed by atoms with E-state index in [1.165, 1.54) is 17.5 Å². The van der Waals surface area contributed by atoms with Crippen molar-refractivity contribution in [1.29, 1.82) is 0 Å². The molecule has 0 bridgehead atoms. The van der Waals surface area contributed by atoms with E-state index < -0.39 is 17.7 Å². The number of rotatable bonds is 2. The first kappa shape index (κ1) is 20.7. The summed E-state index contributed by atoms with van der Waals surface area (Å²) >= 11 is 0. The average molecular weight is 391 g/mol.